The van der Waals surface area contributed by atoms with Crippen molar-refractivity contribution in [3.8, 4) is 0 Å². The van der Waals surface area contributed by atoms with E-state index in [0.29, 0.717) is 10.6 Å². The molecule has 10 heteroatoms. The molecule has 0 saturated carbocycles. The predicted molar refractivity (Wildman–Crippen MR) is 147 cm³/mol. The summed E-state index contributed by atoms with van der Waals surface area (Å²) in [5.74, 6) is -1.82. The molecule has 0 fully saturated rings. The lowest BCUT2D eigenvalue weighted by Crippen LogP contribution is -2.53. The molecule has 202 valence electrons. The molecule has 0 aliphatic heterocycles. The molecule has 7 nitrogen and oxygen atoms in total. The van der Waals surface area contributed by atoms with E-state index in [1.54, 1.807) is 49.4 Å². The first kappa shape index (κ1) is 29.1. The molecule has 0 aliphatic rings. The van der Waals surface area contributed by atoms with E-state index in [9.17, 15) is 22.4 Å². The van der Waals surface area contributed by atoms with Gasteiger partial charge in [-0.05, 0) is 62.2 Å². The van der Waals surface area contributed by atoms with Crippen LogP contribution in [-0.2, 0) is 26.2 Å². The first-order chi connectivity index (χ1) is 18.0. The standard InChI is InChI=1S/C28H31ClFN3O4S/c1-4-25(28(35)31-20(2)3)32(18-21-14-16-22(29)17-15-21)27(34)19-33(26-13-9-8-12-24(26)30)38(36,37)23-10-6-5-7-11-23/h5-17,20,25H,4,18-19H2,1-3H3,(H,31,35)/t25-/m1/s1. The molecule has 0 spiro atoms. The summed E-state index contributed by atoms with van der Waals surface area (Å²) in [4.78, 5) is 28.2. The van der Waals surface area contributed by atoms with E-state index < -0.39 is 34.3 Å². The molecule has 1 N–H and O–H groups in total. The van der Waals surface area contributed by atoms with Crippen molar-refractivity contribution in [1.29, 1.82) is 0 Å². The summed E-state index contributed by atoms with van der Waals surface area (Å²) in [6.45, 7) is 4.69. The lowest BCUT2D eigenvalue weighted by molar-refractivity contribution is -0.140. The lowest BCUT2D eigenvalue weighted by Gasteiger charge is -2.33. The smallest absolute Gasteiger partial charge is 0.264 e. The molecule has 0 heterocycles. The number of anilines is 1. The van der Waals surface area contributed by atoms with Gasteiger partial charge in [-0.25, -0.2) is 12.8 Å². The number of hydrogen-bond donors (Lipinski definition) is 1. The van der Waals surface area contributed by atoms with Crippen molar-refractivity contribution in [3.05, 3.63) is 95.3 Å². The Labute approximate surface area is 228 Å². The van der Waals surface area contributed by atoms with Gasteiger partial charge in [-0.1, -0.05) is 61.0 Å². The molecule has 0 aromatic heterocycles. The number of nitrogens with one attached hydrogen (secondary N) is 1. The summed E-state index contributed by atoms with van der Waals surface area (Å²) in [7, 11) is -4.33. The Kier molecular flexibility index (Phi) is 9.88. The van der Waals surface area contributed by atoms with Crippen LogP contribution in [0.5, 0.6) is 0 Å². The fraction of sp³-hybridized carbons (Fsp3) is 0.286. The van der Waals surface area contributed by atoms with E-state index in [1.165, 1.54) is 35.2 Å². The van der Waals surface area contributed by atoms with E-state index in [4.69, 9.17) is 11.6 Å². The van der Waals surface area contributed by atoms with Gasteiger partial charge in [-0.3, -0.25) is 13.9 Å². The molecule has 0 aliphatic carbocycles. The van der Waals surface area contributed by atoms with E-state index >= 15 is 0 Å². The first-order valence-electron chi connectivity index (χ1n) is 12.2. The van der Waals surface area contributed by atoms with Crippen molar-refractivity contribution in [2.24, 2.45) is 0 Å². The minimum atomic E-state index is -4.33. The highest BCUT2D eigenvalue weighted by Crippen LogP contribution is 2.27. The molecule has 3 aromatic carbocycles. The summed E-state index contributed by atoms with van der Waals surface area (Å²) in [5.41, 5.74) is 0.428. The minimum absolute atomic E-state index is 0.0243. The molecule has 2 amide bonds. The molecule has 0 unspecified atom stereocenters. The molecule has 0 radical (unpaired) electrons. The molecule has 0 bridgehead atoms. The van der Waals surface area contributed by atoms with Gasteiger partial charge in [0.05, 0.1) is 10.6 Å². The maximum absolute atomic E-state index is 14.9. The third kappa shape index (κ3) is 7.11. The summed E-state index contributed by atoms with van der Waals surface area (Å²) in [5, 5.41) is 3.34. The van der Waals surface area contributed by atoms with Crippen molar-refractivity contribution < 1.29 is 22.4 Å². The zero-order chi connectivity index (χ0) is 27.9. The van der Waals surface area contributed by atoms with Crippen LogP contribution in [0.1, 0.15) is 32.8 Å². The highest BCUT2D eigenvalue weighted by atomic mass is 35.5. The maximum Gasteiger partial charge on any atom is 0.264 e. The Morgan fingerprint density at radius 2 is 1.55 bits per heavy atom. The highest BCUT2D eigenvalue weighted by Gasteiger charge is 2.34. The molecule has 0 saturated heterocycles. The first-order valence-corrected chi connectivity index (χ1v) is 14.0. The number of nitrogens with zero attached hydrogens (tertiary/aromatic N) is 2. The Bertz CT molecular complexity index is 1350. The summed E-state index contributed by atoms with van der Waals surface area (Å²) in [6, 6.07) is 18.6. The number of amides is 2. The highest BCUT2D eigenvalue weighted by molar-refractivity contribution is 7.92. The topological polar surface area (TPSA) is 86.8 Å². The van der Waals surface area contributed by atoms with E-state index in [0.717, 1.165) is 10.4 Å². The molecule has 38 heavy (non-hydrogen) atoms. The van der Waals surface area contributed by atoms with Gasteiger partial charge in [0, 0.05) is 17.6 Å². The Morgan fingerprint density at radius 1 is 0.947 bits per heavy atom. The van der Waals surface area contributed by atoms with Crippen molar-refractivity contribution >= 4 is 39.1 Å². The van der Waals surface area contributed by atoms with Crippen LogP contribution in [-0.4, -0.2) is 43.8 Å². The Morgan fingerprint density at radius 3 is 2.13 bits per heavy atom. The monoisotopic (exact) mass is 559 g/mol. The minimum Gasteiger partial charge on any atom is -0.352 e. The van der Waals surface area contributed by atoms with Crippen LogP contribution >= 0.6 is 11.6 Å². The number of para-hydroxylation sites is 1. The quantitative estimate of drug-likeness (QED) is 0.358. The van der Waals surface area contributed by atoms with Gasteiger partial charge in [-0.15, -0.1) is 0 Å². The average Bonchev–Trinajstić information content (AvgIpc) is 2.88. The Balaban J connectivity index is 2.06. The third-order valence-corrected chi connectivity index (χ3v) is 7.84. The average molecular weight is 560 g/mol. The van der Waals surface area contributed by atoms with Gasteiger partial charge in [0.2, 0.25) is 11.8 Å². The molecule has 1 atom stereocenters. The zero-order valence-electron chi connectivity index (χ0n) is 21.5. The molecular formula is C28H31ClFN3O4S. The SMILES string of the molecule is CC[C@H](C(=O)NC(C)C)N(Cc1ccc(Cl)cc1)C(=O)CN(c1ccccc1F)S(=O)(=O)c1ccccc1. The summed E-state index contributed by atoms with van der Waals surface area (Å²) in [6.07, 6.45) is 0.281. The van der Waals surface area contributed by atoms with E-state index in [-0.39, 0.29) is 35.5 Å². The Hall–Kier alpha value is -3.43. The molecular weight excluding hydrogens is 529 g/mol. The van der Waals surface area contributed by atoms with Crippen molar-refractivity contribution in [1.82, 2.24) is 10.2 Å². The van der Waals surface area contributed by atoms with Crippen LogP contribution in [0.2, 0.25) is 5.02 Å². The second kappa shape index (κ2) is 12.9. The normalized spacial score (nSPS) is 12.2. The van der Waals surface area contributed by atoms with Crippen LogP contribution in [0.25, 0.3) is 0 Å². The molecule has 3 aromatic rings. The zero-order valence-corrected chi connectivity index (χ0v) is 23.0. The van der Waals surface area contributed by atoms with Gasteiger partial charge in [0.25, 0.3) is 10.0 Å². The van der Waals surface area contributed by atoms with Crippen LogP contribution in [0.3, 0.4) is 0 Å². The largest absolute Gasteiger partial charge is 0.352 e. The van der Waals surface area contributed by atoms with Crippen molar-refractivity contribution in [2.45, 2.75) is 50.7 Å². The number of carbonyl (C=O) groups excluding carboxylic acids is 2. The van der Waals surface area contributed by atoms with Crippen LogP contribution in [0.15, 0.2) is 83.8 Å². The van der Waals surface area contributed by atoms with Gasteiger partial charge >= 0.3 is 0 Å². The number of rotatable bonds is 11. The van der Waals surface area contributed by atoms with Gasteiger partial charge in [0.1, 0.15) is 18.4 Å². The second-order valence-electron chi connectivity index (χ2n) is 9.01. The van der Waals surface area contributed by atoms with E-state index in [1.807, 2.05) is 13.8 Å². The van der Waals surface area contributed by atoms with Crippen molar-refractivity contribution in [3.63, 3.8) is 0 Å². The van der Waals surface area contributed by atoms with Crippen LogP contribution in [0, 0.1) is 5.82 Å². The van der Waals surface area contributed by atoms with Crippen LogP contribution < -0.4 is 9.62 Å². The number of halogens is 2. The number of carbonyl (C=O) groups is 2. The number of sulfonamides is 1. The second-order valence-corrected chi connectivity index (χ2v) is 11.3. The number of hydrogen-bond acceptors (Lipinski definition) is 4. The summed E-state index contributed by atoms with van der Waals surface area (Å²) >= 11 is 6.01. The van der Waals surface area contributed by atoms with E-state index in [2.05, 4.69) is 5.32 Å². The summed E-state index contributed by atoms with van der Waals surface area (Å²) < 4.78 is 43.0. The van der Waals surface area contributed by atoms with Gasteiger partial charge < -0.3 is 10.2 Å². The predicted octanol–water partition coefficient (Wildman–Crippen LogP) is 5.01. The fourth-order valence-corrected chi connectivity index (χ4v) is 5.54. The number of benzene rings is 3. The lowest BCUT2D eigenvalue weighted by atomic mass is 10.1. The van der Waals surface area contributed by atoms with Crippen molar-refractivity contribution in [2.75, 3.05) is 10.8 Å². The maximum atomic E-state index is 14.9. The van der Waals surface area contributed by atoms with Crippen LogP contribution in [0.4, 0.5) is 10.1 Å². The third-order valence-electron chi connectivity index (χ3n) is 5.81. The molecule has 3 rings (SSSR count). The fourth-order valence-electron chi connectivity index (χ4n) is 3.97. The van der Waals surface area contributed by atoms with Gasteiger partial charge in [-0.2, -0.15) is 0 Å². The van der Waals surface area contributed by atoms with Gasteiger partial charge in [0.15, 0.2) is 0 Å².